The van der Waals surface area contributed by atoms with Crippen molar-refractivity contribution < 1.29 is 9.90 Å². The van der Waals surface area contributed by atoms with Crippen molar-refractivity contribution in [3.05, 3.63) is 78.6 Å². The maximum Gasteiger partial charge on any atom is 0.272 e. The van der Waals surface area contributed by atoms with Crippen molar-refractivity contribution in [3.63, 3.8) is 0 Å². The molecule has 44 heavy (non-hydrogen) atoms. The first kappa shape index (κ1) is 27.1. The fraction of sp³-hybridized carbons (Fsp3) is 0.258. The number of rotatable bonds is 5. The third kappa shape index (κ3) is 5.17. The minimum atomic E-state index is -0.450. The van der Waals surface area contributed by atoms with Gasteiger partial charge in [0.05, 0.1) is 17.4 Å². The summed E-state index contributed by atoms with van der Waals surface area (Å²) in [5.74, 6) is 7.42. The highest BCUT2D eigenvalue weighted by Crippen LogP contribution is 2.38. The number of aromatic nitrogens is 7. The van der Waals surface area contributed by atoms with Gasteiger partial charge in [0.2, 0.25) is 5.82 Å². The number of anilines is 3. The van der Waals surface area contributed by atoms with Crippen LogP contribution >= 0.6 is 0 Å². The van der Waals surface area contributed by atoms with Gasteiger partial charge in [-0.2, -0.15) is 5.10 Å². The number of phenols is 1. The summed E-state index contributed by atoms with van der Waals surface area (Å²) in [5.41, 5.74) is 9.14. The van der Waals surface area contributed by atoms with Gasteiger partial charge < -0.3 is 26.0 Å². The molecule has 2 fully saturated rings. The second kappa shape index (κ2) is 11.1. The van der Waals surface area contributed by atoms with Crippen LogP contribution in [0.2, 0.25) is 0 Å². The molecule has 4 N–H and O–H groups in total. The van der Waals surface area contributed by atoms with E-state index in [1.54, 1.807) is 54.3 Å². The van der Waals surface area contributed by atoms with E-state index in [4.69, 9.17) is 10.7 Å². The van der Waals surface area contributed by atoms with E-state index >= 15 is 0 Å². The smallest absolute Gasteiger partial charge is 0.272 e. The fourth-order valence-corrected chi connectivity index (χ4v) is 5.91. The fourth-order valence-electron chi connectivity index (χ4n) is 5.91. The quantitative estimate of drug-likeness (QED) is 0.259. The molecule has 1 amide bonds. The molecule has 13 nitrogen and oxygen atoms in total. The van der Waals surface area contributed by atoms with Crippen molar-refractivity contribution in [1.29, 1.82) is 0 Å². The monoisotopic (exact) mass is 587 g/mol. The number of aromatic hydroxyl groups is 1. The summed E-state index contributed by atoms with van der Waals surface area (Å²) < 4.78 is 1.55. The second-order valence-electron chi connectivity index (χ2n) is 10.9. The van der Waals surface area contributed by atoms with Gasteiger partial charge in [-0.25, -0.2) is 19.5 Å². The van der Waals surface area contributed by atoms with E-state index in [0.717, 1.165) is 37.4 Å². The molecule has 2 aliphatic heterocycles. The maximum absolute atomic E-state index is 12.7. The van der Waals surface area contributed by atoms with Crippen LogP contribution in [0.15, 0.2) is 67.1 Å². The molecule has 0 spiro atoms. The number of hydrogen-bond donors (Lipinski definition) is 3. The van der Waals surface area contributed by atoms with Crippen molar-refractivity contribution in [3.8, 4) is 28.8 Å². The number of nitrogens with one attached hydrogen (secondary N) is 1. The van der Waals surface area contributed by atoms with Gasteiger partial charge in [0.15, 0.2) is 17.2 Å². The lowest BCUT2D eigenvalue weighted by Crippen LogP contribution is -2.54. The standard InChI is InChI=1S/C31H29N11O2/c1-19(35-31(44)24-16-29-34-12-4-14-41(29)39-24)7-10-27-33-13-11-28(36-27)42-20-8-9-21(42)18-40(17-20)25-15-23(37-38-30(25)32)22-5-2-3-6-26(22)43/h2-6,11-16,19-21,43H,8-9,17-18H2,1H3,(H2,32,38)(H,35,44)/t19-,20-,21+/m0/s1. The molecule has 2 aliphatic rings. The Morgan fingerprint density at radius 3 is 2.68 bits per heavy atom. The molecule has 0 aliphatic carbocycles. The first-order valence-electron chi connectivity index (χ1n) is 14.3. The Kier molecular flexibility index (Phi) is 6.86. The molecule has 2 saturated heterocycles. The van der Waals surface area contributed by atoms with Crippen LogP contribution in [0, 0.1) is 11.8 Å². The minimum Gasteiger partial charge on any atom is -0.507 e. The number of phenolic OH excluding ortho intramolecular Hbond substituents is 1. The van der Waals surface area contributed by atoms with Gasteiger partial charge in [0, 0.05) is 55.4 Å². The highest BCUT2D eigenvalue weighted by molar-refractivity contribution is 5.93. The van der Waals surface area contributed by atoms with Crippen molar-refractivity contribution in [2.45, 2.75) is 37.9 Å². The molecular weight excluding hydrogens is 558 g/mol. The first-order chi connectivity index (χ1) is 21.4. The Hall–Kier alpha value is -5.77. The van der Waals surface area contributed by atoms with E-state index in [1.165, 1.54) is 0 Å². The lowest BCUT2D eigenvalue weighted by atomic mass is 10.1. The van der Waals surface area contributed by atoms with E-state index in [2.05, 4.69) is 52.2 Å². The summed E-state index contributed by atoms with van der Waals surface area (Å²) in [6.45, 7) is 3.27. The molecule has 3 atom stereocenters. The Morgan fingerprint density at radius 2 is 1.89 bits per heavy atom. The molecule has 0 unspecified atom stereocenters. The third-order valence-corrected chi connectivity index (χ3v) is 7.93. The van der Waals surface area contributed by atoms with Crippen molar-refractivity contribution in [2.75, 3.05) is 28.6 Å². The minimum absolute atomic E-state index is 0.145. The Morgan fingerprint density at radius 1 is 1.07 bits per heavy atom. The lowest BCUT2D eigenvalue weighted by molar-refractivity contribution is 0.0942. The number of para-hydroxylation sites is 1. The Bertz CT molecular complexity index is 1880. The molecule has 0 radical (unpaired) electrons. The highest BCUT2D eigenvalue weighted by Gasteiger charge is 2.41. The number of nitrogens with zero attached hydrogens (tertiary/aromatic N) is 9. The average Bonchev–Trinajstić information content (AvgIpc) is 3.59. The molecular formula is C31H29N11O2. The molecule has 220 valence electrons. The molecule has 7 rings (SSSR count). The molecule has 13 heteroatoms. The molecule has 2 bridgehead atoms. The largest absolute Gasteiger partial charge is 0.507 e. The second-order valence-corrected chi connectivity index (χ2v) is 10.9. The normalized spacial score (nSPS) is 18.1. The zero-order valence-electron chi connectivity index (χ0n) is 23.9. The van der Waals surface area contributed by atoms with Crippen molar-refractivity contribution in [1.82, 2.24) is 40.1 Å². The molecule has 4 aromatic heterocycles. The highest BCUT2D eigenvalue weighted by atomic mass is 16.3. The zero-order valence-corrected chi connectivity index (χ0v) is 23.9. The van der Waals surface area contributed by atoms with Crippen LogP contribution in [0.25, 0.3) is 16.9 Å². The summed E-state index contributed by atoms with van der Waals surface area (Å²) in [7, 11) is 0. The number of piperazine rings is 1. The van der Waals surface area contributed by atoms with Gasteiger partial charge in [0.1, 0.15) is 11.6 Å². The first-order valence-corrected chi connectivity index (χ1v) is 14.3. The lowest BCUT2D eigenvalue weighted by Gasteiger charge is -2.42. The van der Waals surface area contributed by atoms with E-state index in [0.29, 0.717) is 28.5 Å². The third-order valence-electron chi connectivity index (χ3n) is 7.93. The number of benzene rings is 1. The summed E-state index contributed by atoms with van der Waals surface area (Å²) in [5, 5.41) is 25.9. The number of nitrogens with two attached hydrogens (primary N) is 1. The number of amides is 1. The number of carbonyl (C=O) groups is 1. The Balaban J connectivity index is 1.04. The van der Waals surface area contributed by atoms with Gasteiger partial charge >= 0.3 is 0 Å². The number of hydrogen-bond acceptors (Lipinski definition) is 11. The summed E-state index contributed by atoms with van der Waals surface area (Å²) in [4.78, 5) is 30.6. The predicted molar refractivity (Wildman–Crippen MR) is 164 cm³/mol. The number of fused-ring (bicyclic) bond motifs is 3. The van der Waals surface area contributed by atoms with Crippen LogP contribution in [0.5, 0.6) is 5.75 Å². The molecule has 6 heterocycles. The van der Waals surface area contributed by atoms with E-state index in [9.17, 15) is 9.90 Å². The predicted octanol–water partition coefficient (Wildman–Crippen LogP) is 2.29. The zero-order chi connectivity index (χ0) is 30.2. The van der Waals surface area contributed by atoms with Crippen LogP contribution in [0.3, 0.4) is 0 Å². The van der Waals surface area contributed by atoms with Gasteiger partial charge in [-0.15, -0.1) is 10.2 Å². The van der Waals surface area contributed by atoms with Gasteiger partial charge in [-0.3, -0.25) is 4.79 Å². The molecule has 0 saturated carbocycles. The number of nitrogen functional groups attached to an aromatic ring is 1. The van der Waals surface area contributed by atoms with Crippen LogP contribution in [0.4, 0.5) is 17.3 Å². The maximum atomic E-state index is 12.7. The SMILES string of the molecule is C[C@@H](C#Cc1nccc(N2[C@@H]3CC[C@H]2CN(c2cc(-c4ccccc4O)nnc2N)C3)n1)NC(=O)c1cc2ncccn2n1. The van der Waals surface area contributed by atoms with E-state index in [-0.39, 0.29) is 29.4 Å². The van der Waals surface area contributed by atoms with E-state index in [1.807, 2.05) is 24.3 Å². The molecule has 1 aromatic carbocycles. The van der Waals surface area contributed by atoms with Crippen LogP contribution in [-0.4, -0.2) is 77.0 Å². The van der Waals surface area contributed by atoms with Crippen LogP contribution < -0.4 is 20.9 Å². The van der Waals surface area contributed by atoms with E-state index < -0.39 is 6.04 Å². The Labute approximate surface area is 252 Å². The van der Waals surface area contributed by atoms with Gasteiger partial charge in [0.25, 0.3) is 5.91 Å². The van der Waals surface area contributed by atoms with Crippen LogP contribution in [0.1, 0.15) is 36.1 Å². The van der Waals surface area contributed by atoms with Gasteiger partial charge in [-0.1, -0.05) is 18.1 Å². The van der Waals surface area contributed by atoms with Crippen LogP contribution in [-0.2, 0) is 0 Å². The summed E-state index contributed by atoms with van der Waals surface area (Å²) in [6.07, 6.45) is 7.12. The summed E-state index contributed by atoms with van der Waals surface area (Å²) in [6, 6.07) is 14.2. The molecule has 5 aromatic rings. The van der Waals surface area contributed by atoms with Crippen molar-refractivity contribution in [2.24, 2.45) is 0 Å². The topological polar surface area (TPSA) is 164 Å². The summed E-state index contributed by atoms with van der Waals surface area (Å²) >= 11 is 0. The average molecular weight is 588 g/mol. The van der Waals surface area contributed by atoms with Crippen molar-refractivity contribution >= 4 is 28.9 Å². The van der Waals surface area contributed by atoms with Gasteiger partial charge in [-0.05, 0) is 56.0 Å². The number of carbonyl (C=O) groups excluding carboxylic acids is 1.